The summed E-state index contributed by atoms with van der Waals surface area (Å²) in [6, 6.07) is 5.75. The molecule has 0 radical (unpaired) electrons. The van der Waals surface area contributed by atoms with Crippen LogP contribution in [0, 0.1) is 5.82 Å². The Kier molecular flexibility index (Phi) is 5.32. The standard InChI is InChI=1S/C12H12FN3O2S3/c1-2-7-19-12-15-14-11(20-12)16-21(17,18)8-9-5-3-4-6-10(9)13/h2-6H,1,7-8H2,(H,14,16). The van der Waals surface area contributed by atoms with Crippen LogP contribution in [0.5, 0.6) is 0 Å². The van der Waals surface area contributed by atoms with Gasteiger partial charge >= 0.3 is 0 Å². The van der Waals surface area contributed by atoms with E-state index in [0.29, 0.717) is 10.1 Å². The van der Waals surface area contributed by atoms with Gasteiger partial charge in [0.15, 0.2) is 4.34 Å². The van der Waals surface area contributed by atoms with Gasteiger partial charge in [0.05, 0.1) is 5.75 Å². The first kappa shape index (κ1) is 15.9. The summed E-state index contributed by atoms with van der Waals surface area (Å²) in [5, 5.41) is 7.76. The first-order valence-electron chi connectivity index (χ1n) is 5.81. The normalized spacial score (nSPS) is 11.3. The maximum absolute atomic E-state index is 13.5. The van der Waals surface area contributed by atoms with Crippen LogP contribution >= 0.6 is 23.1 Å². The van der Waals surface area contributed by atoms with Gasteiger partial charge in [0.2, 0.25) is 15.2 Å². The summed E-state index contributed by atoms with van der Waals surface area (Å²) in [5.41, 5.74) is 0.107. The number of rotatable bonds is 7. The Morgan fingerprint density at radius 2 is 2.14 bits per heavy atom. The van der Waals surface area contributed by atoms with E-state index in [1.165, 1.54) is 30.0 Å². The van der Waals surface area contributed by atoms with Gasteiger partial charge in [-0.2, -0.15) is 0 Å². The van der Waals surface area contributed by atoms with Gasteiger partial charge in [-0.25, -0.2) is 12.8 Å². The largest absolute Gasteiger partial charge is 0.257 e. The molecule has 21 heavy (non-hydrogen) atoms. The second-order valence-electron chi connectivity index (χ2n) is 3.93. The van der Waals surface area contributed by atoms with E-state index in [9.17, 15) is 12.8 Å². The predicted molar refractivity (Wildman–Crippen MR) is 83.5 cm³/mol. The quantitative estimate of drug-likeness (QED) is 0.617. The number of aromatic nitrogens is 2. The number of nitrogens with zero attached hydrogens (tertiary/aromatic N) is 2. The minimum atomic E-state index is -3.73. The Morgan fingerprint density at radius 3 is 2.86 bits per heavy atom. The zero-order valence-electron chi connectivity index (χ0n) is 10.8. The summed E-state index contributed by atoms with van der Waals surface area (Å²) in [7, 11) is -3.73. The molecule has 0 bridgehead atoms. The summed E-state index contributed by atoms with van der Waals surface area (Å²) in [4.78, 5) is 0. The first-order valence-corrected chi connectivity index (χ1v) is 9.27. The third-order valence-electron chi connectivity index (χ3n) is 2.28. The molecule has 112 valence electrons. The average molecular weight is 345 g/mol. The van der Waals surface area contributed by atoms with Crippen molar-refractivity contribution in [1.29, 1.82) is 0 Å². The van der Waals surface area contributed by atoms with E-state index in [1.54, 1.807) is 12.1 Å². The summed E-state index contributed by atoms with van der Waals surface area (Å²) < 4.78 is 40.4. The van der Waals surface area contributed by atoms with E-state index in [-0.39, 0.29) is 10.7 Å². The van der Waals surface area contributed by atoms with E-state index in [2.05, 4.69) is 21.5 Å². The SMILES string of the molecule is C=CCSc1nnc(NS(=O)(=O)Cc2ccccc2F)s1. The zero-order chi connectivity index (χ0) is 15.3. The Balaban J connectivity index is 2.05. The maximum atomic E-state index is 13.5. The van der Waals surface area contributed by atoms with Crippen molar-refractivity contribution in [3.05, 3.63) is 48.3 Å². The van der Waals surface area contributed by atoms with Gasteiger partial charge in [0, 0.05) is 11.3 Å². The minimum Gasteiger partial charge on any atom is -0.257 e. The molecule has 1 aromatic heterocycles. The summed E-state index contributed by atoms with van der Waals surface area (Å²) in [6.07, 6.45) is 1.72. The number of halogens is 1. The Bertz CT molecular complexity index is 731. The van der Waals surface area contributed by atoms with Crippen LogP contribution in [0.25, 0.3) is 0 Å². The molecule has 1 heterocycles. The van der Waals surface area contributed by atoms with Crippen molar-refractivity contribution in [3.8, 4) is 0 Å². The molecule has 2 aromatic rings. The van der Waals surface area contributed by atoms with Gasteiger partial charge in [-0.15, -0.1) is 16.8 Å². The monoisotopic (exact) mass is 345 g/mol. The molecule has 0 aliphatic heterocycles. The molecule has 2 rings (SSSR count). The molecule has 5 nitrogen and oxygen atoms in total. The summed E-state index contributed by atoms with van der Waals surface area (Å²) in [5.74, 6) is -0.340. The third-order valence-corrected chi connectivity index (χ3v) is 5.57. The van der Waals surface area contributed by atoms with Crippen molar-refractivity contribution in [2.75, 3.05) is 10.5 Å². The van der Waals surface area contributed by atoms with Crippen LogP contribution in [0.15, 0.2) is 41.3 Å². The molecule has 9 heteroatoms. The minimum absolute atomic E-state index is 0.107. The highest BCUT2D eigenvalue weighted by molar-refractivity contribution is 8.01. The van der Waals surface area contributed by atoms with Crippen LogP contribution in [0.1, 0.15) is 5.56 Å². The fraction of sp³-hybridized carbons (Fsp3) is 0.167. The van der Waals surface area contributed by atoms with Crippen LogP contribution in [-0.2, 0) is 15.8 Å². The highest BCUT2D eigenvalue weighted by Gasteiger charge is 2.17. The number of anilines is 1. The molecular weight excluding hydrogens is 333 g/mol. The van der Waals surface area contributed by atoms with Gasteiger partial charge < -0.3 is 0 Å². The zero-order valence-corrected chi connectivity index (χ0v) is 13.3. The number of nitrogens with one attached hydrogen (secondary N) is 1. The molecule has 0 fully saturated rings. The van der Waals surface area contributed by atoms with E-state index in [1.807, 2.05) is 0 Å². The predicted octanol–water partition coefficient (Wildman–Crippen LogP) is 2.90. The van der Waals surface area contributed by atoms with Gasteiger partial charge in [-0.05, 0) is 6.07 Å². The molecule has 0 aliphatic rings. The molecule has 1 aromatic carbocycles. The maximum Gasteiger partial charge on any atom is 0.238 e. The fourth-order valence-electron chi connectivity index (χ4n) is 1.43. The van der Waals surface area contributed by atoms with Crippen molar-refractivity contribution in [2.24, 2.45) is 0 Å². The lowest BCUT2D eigenvalue weighted by Crippen LogP contribution is -2.15. The third kappa shape index (κ3) is 4.80. The molecule has 0 aliphatic carbocycles. The first-order chi connectivity index (χ1) is 10.00. The van der Waals surface area contributed by atoms with Gasteiger partial charge in [0.1, 0.15) is 5.82 Å². The lowest BCUT2D eigenvalue weighted by Gasteiger charge is -2.05. The number of sulfonamides is 1. The molecule has 0 unspecified atom stereocenters. The molecule has 0 atom stereocenters. The summed E-state index contributed by atoms with van der Waals surface area (Å²) >= 11 is 2.53. The van der Waals surface area contributed by atoms with Crippen molar-refractivity contribution >= 4 is 38.3 Å². The van der Waals surface area contributed by atoms with Gasteiger partial charge in [-0.3, -0.25) is 4.72 Å². The smallest absolute Gasteiger partial charge is 0.238 e. The molecule has 0 saturated carbocycles. The second kappa shape index (κ2) is 7.01. The highest BCUT2D eigenvalue weighted by Crippen LogP contribution is 2.26. The van der Waals surface area contributed by atoms with Crippen LogP contribution in [-0.4, -0.2) is 24.4 Å². The van der Waals surface area contributed by atoms with Crippen LogP contribution in [0.2, 0.25) is 0 Å². The molecule has 0 amide bonds. The summed E-state index contributed by atoms with van der Waals surface area (Å²) in [6.45, 7) is 3.59. The molecule has 0 spiro atoms. The Morgan fingerprint density at radius 1 is 1.38 bits per heavy atom. The molecule has 1 N–H and O–H groups in total. The Hall–Kier alpha value is -1.45. The Labute approximate surface area is 130 Å². The number of thioether (sulfide) groups is 1. The van der Waals surface area contributed by atoms with Crippen molar-refractivity contribution in [2.45, 2.75) is 10.1 Å². The van der Waals surface area contributed by atoms with Crippen LogP contribution in [0.4, 0.5) is 9.52 Å². The topological polar surface area (TPSA) is 72.0 Å². The number of hydrogen-bond donors (Lipinski definition) is 1. The fourth-order valence-corrected chi connectivity index (χ4v) is 4.36. The highest BCUT2D eigenvalue weighted by atomic mass is 32.2. The van der Waals surface area contributed by atoms with E-state index >= 15 is 0 Å². The van der Waals surface area contributed by atoms with Crippen molar-refractivity contribution < 1.29 is 12.8 Å². The van der Waals surface area contributed by atoms with Gasteiger partial charge in [0.25, 0.3) is 0 Å². The molecular formula is C12H12FN3O2S3. The van der Waals surface area contributed by atoms with Gasteiger partial charge in [-0.1, -0.05) is 47.4 Å². The molecule has 0 saturated heterocycles. The lowest BCUT2D eigenvalue weighted by atomic mass is 10.2. The van der Waals surface area contributed by atoms with E-state index in [4.69, 9.17) is 0 Å². The second-order valence-corrected chi connectivity index (χ2v) is 7.89. The van der Waals surface area contributed by atoms with E-state index in [0.717, 1.165) is 11.3 Å². The lowest BCUT2D eigenvalue weighted by molar-refractivity contribution is 0.591. The average Bonchev–Trinajstić information content (AvgIpc) is 2.85. The van der Waals surface area contributed by atoms with Crippen molar-refractivity contribution in [1.82, 2.24) is 10.2 Å². The van der Waals surface area contributed by atoms with E-state index < -0.39 is 21.6 Å². The number of hydrogen-bond acceptors (Lipinski definition) is 6. The van der Waals surface area contributed by atoms with Crippen molar-refractivity contribution in [3.63, 3.8) is 0 Å². The number of benzene rings is 1. The van der Waals surface area contributed by atoms with Crippen LogP contribution < -0.4 is 4.72 Å². The van der Waals surface area contributed by atoms with Crippen LogP contribution in [0.3, 0.4) is 0 Å².